The van der Waals surface area contributed by atoms with E-state index in [0.29, 0.717) is 25.7 Å². The number of rotatable bonds is 72. The number of aliphatic hydroxyl groups excluding tert-OH is 1. The number of hydrogen-bond acceptors (Lipinski definition) is 15. The quantitative estimate of drug-likeness (QED) is 0.0169. The highest BCUT2D eigenvalue weighted by molar-refractivity contribution is 7.47. The molecule has 3 N–H and O–H groups in total. The molecule has 0 rings (SSSR count). The Kier molecular flexibility index (Phi) is 70.5. The zero-order valence-corrected chi connectivity index (χ0v) is 65.3. The number of esters is 4. The minimum absolute atomic E-state index is 0.0687. The van der Waals surface area contributed by atoms with Gasteiger partial charge < -0.3 is 33.8 Å². The average molecular weight is 1470 g/mol. The van der Waals surface area contributed by atoms with Crippen molar-refractivity contribution in [2.75, 3.05) is 39.6 Å². The van der Waals surface area contributed by atoms with Crippen LogP contribution in [0.25, 0.3) is 0 Å². The average Bonchev–Trinajstić information content (AvgIpc) is 0.908. The molecule has 19 heteroatoms. The van der Waals surface area contributed by atoms with Crippen LogP contribution in [0.15, 0.2) is 146 Å². The number of phosphoric ester groups is 2. The highest BCUT2D eigenvalue weighted by atomic mass is 31.2. The summed E-state index contributed by atoms with van der Waals surface area (Å²) in [6, 6.07) is 0. The lowest BCUT2D eigenvalue weighted by Crippen LogP contribution is -2.30. The van der Waals surface area contributed by atoms with Crippen LogP contribution >= 0.6 is 15.6 Å². The molecule has 102 heavy (non-hydrogen) atoms. The molecule has 0 aliphatic rings. The van der Waals surface area contributed by atoms with Crippen LogP contribution in [0.3, 0.4) is 0 Å². The first-order chi connectivity index (χ1) is 49.7. The van der Waals surface area contributed by atoms with Gasteiger partial charge in [0.1, 0.15) is 19.3 Å². The number of aliphatic hydroxyl groups is 1. The molecular weight excluding hydrogens is 1330 g/mol. The van der Waals surface area contributed by atoms with Crippen molar-refractivity contribution in [3.05, 3.63) is 146 Å². The van der Waals surface area contributed by atoms with Crippen LogP contribution in [-0.4, -0.2) is 96.7 Å². The predicted octanol–water partition coefficient (Wildman–Crippen LogP) is 22.7. The van der Waals surface area contributed by atoms with Gasteiger partial charge in [0.05, 0.1) is 26.4 Å². The van der Waals surface area contributed by atoms with E-state index in [-0.39, 0.29) is 25.7 Å². The SMILES string of the molecule is CC/C=C\C/C=C\C/C=C\C/C=C\CCCCCCC(=O)OCC(COP(=O)(O)OCC(O)COP(=O)(O)OCC(COC(=O)CCCCCCCCC/C=C\C/C=C\C/C=C\CC)OC(=O)CCCCCCC/C=C\C/C=C\C/C=C\CC)OC(=O)CCCCCCC/C=C\C/C=C\CCC. The second kappa shape index (κ2) is 74.2. The standard InChI is InChI=1S/C83H138O17P2/c1-5-9-13-17-21-25-29-33-36-38-41-44-47-51-55-59-63-67-80(85)93-73-78(99-82(87)69-65-61-57-53-49-43-32-28-24-20-16-12-8-4)75-97-101(89,90)95-71-77(84)72-96-102(91,92)98-76-79(100-83(88)70-66-62-58-54-50-46-40-35-31-27-23-19-15-11-7-3)74-94-81(86)68-64-60-56-52-48-45-42-39-37-34-30-26-22-18-14-10-6-2/h9-11,13-16,20-23,25-28,32-37,40-41,44,77-79,84H,5-8,12,17-19,24,29-31,38-39,42-43,45-76H2,1-4H3,(H,89,90)(H,91,92)/b13-9-,14-10-,15-11-,20-16-,25-21-,26-22-,27-23-,32-28-,36-33-,37-34-,40-35-,44-41-. The van der Waals surface area contributed by atoms with Crippen molar-refractivity contribution >= 4 is 39.5 Å². The number of allylic oxidation sites excluding steroid dienone is 24. The lowest BCUT2D eigenvalue weighted by atomic mass is 10.1. The Morgan fingerprint density at radius 2 is 0.510 bits per heavy atom. The van der Waals surface area contributed by atoms with Crippen LogP contribution in [0.1, 0.15) is 297 Å². The van der Waals surface area contributed by atoms with Crippen LogP contribution in [0.2, 0.25) is 0 Å². The molecule has 582 valence electrons. The molecule has 5 unspecified atom stereocenters. The molecule has 0 amide bonds. The van der Waals surface area contributed by atoms with Crippen molar-refractivity contribution < 1.29 is 80.2 Å². The summed E-state index contributed by atoms with van der Waals surface area (Å²) in [5, 5.41) is 10.6. The molecule has 0 aromatic carbocycles. The van der Waals surface area contributed by atoms with Crippen molar-refractivity contribution in [3.8, 4) is 0 Å². The largest absolute Gasteiger partial charge is 0.472 e. The number of carbonyl (C=O) groups excluding carboxylic acids is 4. The molecule has 0 bridgehead atoms. The summed E-state index contributed by atoms with van der Waals surface area (Å²) in [6.07, 6.45) is 84.0. The van der Waals surface area contributed by atoms with E-state index in [0.717, 1.165) is 218 Å². The lowest BCUT2D eigenvalue weighted by Gasteiger charge is -2.21. The van der Waals surface area contributed by atoms with E-state index in [9.17, 15) is 43.2 Å². The lowest BCUT2D eigenvalue weighted by molar-refractivity contribution is -0.161. The molecule has 0 aliphatic heterocycles. The van der Waals surface area contributed by atoms with Gasteiger partial charge in [-0.3, -0.25) is 37.3 Å². The number of ether oxygens (including phenoxy) is 4. The van der Waals surface area contributed by atoms with Gasteiger partial charge in [0, 0.05) is 25.7 Å². The summed E-state index contributed by atoms with van der Waals surface area (Å²) < 4.78 is 68.5. The van der Waals surface area contributed by atoms with Crippen LogP contribution < -0.4 is 0 Å². The van der Waals surface area contributed by atoms with Gasteiger partial charge >= 0.3 is 39.5 Å². The zero-order chi connectivity index (χ0) is 74.6. The van der Waals surface area contributed by atoms with Gasteiger partial charge in [-0.15, -0.1) is 0 Å². The molecule has 0 aromatic rings. The second-order valence-electron chi connectivity index (χ2n) is 25.5. The highest BCUT2D eigenvalue weighted by Crippen LogP contribution is 2.45. The Morgan fingerprint density at radius 3 is 0.784 bits per heavy atom. The Morgan fingerprint density at radius 1 is 0.284 bits per heavy atom. The number of carbonyl (C=O) groups is 4. The topological polar surface area (TPSA) is 237 Å². The van der Waals surface area contributed by atoms with E-state index in [1.165, 1.54) is 0 Å². The van der Waals surface area contributed by atoms with E-state index >= 15 is 0 Å². The third-order valence-corrected chi connectivity index (χ3v) is 17.7. The van der Waals surface area contributed by atoms with Crippen molar-refractivity contribution in [3.63, 3.8) is 0 Å². The van der Waals surface area contributed by atoms with E-state index < -0.39 is 97.5 Å². The summed E-state index contributed by atoms with van der Waals surface area (Å²) in [6.45, 7) is 4.40. The smallest absolute Gasteiger partial charge is 0.462 e. The number of unbranched alkanes of at least 4 members (excludes halogenated alkanes) is 22. The summed E-state index contributed by atoms with van der Waals surface area (Å²) in [7, 11) is -9.98. The fourth-order valence-electron chi connectivity index (χ4n) is 9.92. The highest BCUT2D eigenvalue weighted by Gasteiger charge is 2.30. The predicted molar refractivity (Wildman–Crippen MR) is 417 cm³/mol. The van der Waals surface area contributed by atoms with Gasteiger partial charge in [0.2, 0.25) is 0 Å². The van der Waals surface area contributed by atoms with Crippen molar-refractivity contribution in [1.29, 1.82) is 0 Å². The van der Waals surface area contributed by atoms with Crippen molar-refractivity contribution in [2.45, 2.75) is 316 Å². The fourth-order valence-corrected chi connectivity index (χ4v) is 11.5. The molecule has 17 nitrogen and oxygen atoms in total. The van der Waals surface area contributed by atoms with E-state index in [1.807, 2.05) is 0 Å². The summed E-state index contributed by atoms with van der Waals surface area (Å²) in [5.74, 6) is -2.25. The molecule has 0 aliphatic carbocycles. The minimum atomic E-state index is -4.99. The Hall–Kier alpha value is -5.06. The maximum absolute atomic E-state index is 13.1. The van der Waals surface area contributed by atoms with E-state index in [1.54, 1.807) is 0 Å². The first kappa shape index (κ1) is 96.9. The first-order valence-corrected chi connectivity index (χ1v) is 42.1. The number of hydrogen-bond donors (Lipinski definition) is 3. The van der Waals surface area contributed by atoms with E-state index in [2.05, 4.69) is 174 Å². The third kappa shape index (κ3) is 73.3. The van der Waals surface area contributed by atoms with Crippen molar-refractivity contribution in [1.82, 2.24) is 0 Å². The van der Waals surface area contributed by atoms with Gasteiger partial charge in [-0.05, 0) is 154 Å². The summed E-state index contributed by atoms with van der Waals surface area (Å²) >= 11 is 0. The zero-order valence-electron chi connectivity index (χ0n) is 63.5. The van der Waals surface area contributed by atoms with Crippen molar-refractivity contribution in [2.24, 2.45) is 0 Å². The van der Waals surface area contributed by atoms with Gasteiger partial charge in [0.25, 0.3) is 0 Å². The first-order valence-electron chi connectivity index (χ1n) is 39.1. The van der Waals surface area contributed by atoms with E-state index in [4.69, 9.17) is 37.0 Å². The third-order valence-electron chi connectivity index (χ3n) is 15.8. The monoisotopic (exact) mass is 1470 g/mol. The molecule has 0 saturated heterocycles. The van der Waals surface area contributed by atoms with Gasteiger partial charge in [-0.1, -0.05) is 263 Å². The molecule has 5 atom stereocenters. The van der Waals surface area contributed by atoms with Crippen LogP contribution in [0.5, 0.6) is 0 Å². The minimum Gasteiger partial charge on any atom is -0.462 e. The molecule has 0 heterocycles. The summed E-state index contributed by atoms with van der Waals surface area (Å²) in [4.78, 5) is 73.0. The Labute approximate surface area is 617 Å². The molecular formula is C83H138O17P2. The maximum Gasteiger partial charge on any atom is 0.472 e. The number of phosphoric acid groups is 2. The fraction of sp³-hybridized carbons (Fsp3) is 0.663. The van der Waals surface area contributed by atoms with Gasteiger partial charge in [-0.2, -0.15) is 0 Å². The van der Waals surface area contributed by atoms with Gasteiger partial charge in [0.15, 0.2) is 12.2 Å². The Bertz CT molecular complexity index is 2510. The molecule has 0 radical (unpaired) electrons. The molecule has 0 saturated carbocycles. The Balaban J connectivity index is 5.40. The van der Waals surface area contributed by atoms with Gasteiger partial charge in [-0.25, -0.2) is 9.13 Å². The summed E-state index contributed by atoms with van der Waals surface area (Å²) in [5.41, 5.74) is 0. The molecule has 0 aromatic heterocycles. The second-order valence-corrected chi connectivity index (χ2v) is 28.4. The van der Waals surface area contributed by atoms with Crippen LogP contribution in [-0.2, 0) is 65.4 Å². The molecule has 0 spiro atoms. The van der Waals surface area contributed by atoms with Crippen LogP contribution in [0, 0.1) is 0 Å². The molecule has 0 fully saturated rings. The maximum atomic E-state index is 13.1. The van der Waals surface area contributed by atoms with Crippen LogP contribution in [0.4, 0.5) is 0 Å². The normalized spacial score (nSPS) is 14.7.